The van der Waals surface area contributed by atoms with E-state index >= 15 is 0 Å². The van der Waals surface area contributed by atoms with Gasteiger partial charge in [0.2, 0.25) is 5.91 Å². The first-order valence-electron chi connectivity index (χ1n) is 9.57. The summed E-state index contributed by atoms with van der Waals surface area (Å²) in [7, 11) is 1.56. The van der Waals surface area contributed by atoms with E-state index < -0.39 is 0 Å². The second-order valence-corrected chi connectivity index (χ2v) is 8.71. The lowest BCUT2D eigenvalue weighted by atomic mass is 10.1. The smallest absolute Gasteiger partial charge is 0.263 e. The van der Waals surface area contributed by atoms with Gasteiger partial charge in [-0.05, 0) is 47.9 Å². The number of methoxy groups -OCH3 is 1. The molecule has 0 spiro atoms. The third-order valence-corrected chi connectivity index (χ3v) is 5.84. The van der Waals surface area contributed by atoms with Crippen LogP contribution in [0.5, 0.6) is 17.2 Å². The Morgan fingerprint density at radius 2 is 2.00 bits per heavy atom. The molecule has 2 aliphatic rings. The molecule has 0 radical (unpaired) electrons. The maximum Gasteiger partial charge on any atom is 0.263 e. The fourth-order valence-electron chi connectivity index (χ4n) is 3.25. The molecular weight excluding hydrogens is 436 g/mol. The third-order valence-electron chi connectivity index (χ3n) is 4.68. The van der Waals surface area contributed by atoms with Crippen LogP contribution in [-0.4, -0.2) is 42.5 Å². The quantitative estimate of drug-likeness (QED) is 0.510. The Morgan fingerprint density at radius 3 is 2.68 bits per heavy atom. The molecule has 2 amide bonds. The van der Waals surface area contributed by atoms with Crippen molar-refractivity contribution in [3.8, 4) is 17.2 Å². The molecule has 2 aliphatic heterocycles. The Kier molecular flexibility index (Phi) is 6.55. The average molecular weight is 457 g/mol. The average Bonchev–Trinajstić information content (AvgIpc) is 3.07. The summed E-state index contributed by atoms with van der Waals surface area (Å²) in [6, 6.07) is 13.1. The highest BCUT2D eigenvalue weighted by Gasteiger charge is 2.22. The van der Waals surface area contributed by atoms with Gasteiger partial charge in [0, 0.05) is 0 Å². The van der Waals surface area contributed by atoms with Gasteiger partial charge in [0.05, 0.1) is 24.7 Å². The van der Waals surface area contributed by atoms with Crippen LogP contribution in [0.3, 0.4) is 0 Å². The second-order valence-electron chi connectivity index (χ2n) is 6.99. The van der Waals surface area contributed by atoms with Crippen LogP contribution in [0.25, 0.3) is 6.08 Å². The van der Waals surface area contributed by atoms with Crippen LogP contribution in [-0.2, 0) is 20.7 Å². The Bertz CT molecular complexity index is 1050. The van der Waals surface area contributed by atoms with E-state index in [0.29, 0.717) is 39.5 Å². The fourth-order valence-corrected chi connectivity index (χ4v) is 4.29. The Hall–Kier alpha value is -2.88. The number of carbonyl (C=O) groups excluding carboxylic acids is 2. The van der Waals surface area contributed by atoms with Crippen LogP contribution in [0.1, 0.15) is 11.1 Å². The van der Waals surface area contributed by atoms with Crippen molar-refractivity contribution in [1.82, 2.24) is 10.6 Å². The SMILES string of the molecule is COc1cc(/C=C2\SC(=S)NC2=O)ccc1Oc1ccc(CC2COCC(=O)N2)cc1. The van der Waals surface area contributed by atoms with Crippen LogP contribution in [0.2, 0.25) is 0 Å². The van der Waals surface area contributed by atoms with E-state index in [1.54, 1.807) is 25.3 Å². The standard InChI is InChI=1S/C22H20N2O5S2/c1-27-18-9-14(10-19-21(26)24-22(30)31-19)4-7-17(18)29-16-5-2-13(3-6-16)8-15-11-28-12-20(25)23-15/h2-7,9-10,15H,8,11-12H2,1H3,(H,23,25)(H,24,26,30)/b19-10-. The van der Waals surface area contributed by atoms with Crippen LogP contribution < -0.4 is 20.1 Å². The van der Waals surface area contributed by atoms with E-state index in [1.807, 2.05) is 30.3 Å². The van der Waals surface area contributed by atoms with Crippen molar-refractivity contribution < 1.29 is 23.8 Å². The van der Waals surface area contributed by atoms with E-state index in [1.165, 1.54) is 11.8 Å². The highest BCUT2D eigenvalue weighted by molar-refractivity contribution is 8.26. The van der Waals surface area contributed by atoms with Crippen LogP contribution in [0, 0.1) is 0 Å². The monoisotopic (exact) mass is 456 g/mol. The summed E-state index contributed by atoms with van der Waals surface area (Å²) in [4.78, 5) is 23.8. The van der Waals surface area contributed by atoms with E-state index in [4.69, 9.17) is 26.4 Å². The molecule has 1 atom stereocenters. The minimum Gasteiger partial charge on any atom is -0.493 e. The van der Waals surface area contributed by atoms with Gasteiger partial charge in [0.1, 0.15) is 16.7 Å². The molecule has 2 N–H and O–H groups in total. The molecule has 31 heavy (non-hydrogen) atoms. The summed E-state index contributed by atoms with van der Waals surface area (Å²) >= 11 is 6.24. The van der Waals surface area contributed by atoms with Crippen molar-refractivity contribution in [3.63, 3.8) is 0 Å². The largest absolute Gasteiger partial charge is 0.493 e. The number of carbonyl (C=O) groups is 2. The molecular formula is C22H20N2O5S2. The van der Waals surface area contributed by atoms with Gasteiger partial charge in [-0.2, -0.15) is 0 Å². The van der Waals surface area contributed by atoms with Gasteiger partial charge in [-0.15, -0.1) is 0 Å². The van der Waals surface area contributed by atoms with Gasteiger partial charge in [-0.25, -0.2) is 0 Å². The summed E-state index contributed by atoms with van der Waals surface area (Å²) in [5.74, 6) is 1.48. The lowest BCUT2D eigenvalue weighted by Crippen LogP contribution is -2.46. The summed E-state index contributed by atoms with van der Waals surface area (Å²) in [6.45, 7) is 0.635. The molecule has 0 aliphatic carbocycles. The molecule has 2 saturated heterocycles. The van der Waals surface area contributed by atoms with Crippen molar-refractivity contribution in [2.75, 3.05) is 20.3 Å². The summed E-state index contributed by atoms with van der Waals surface area (Å²) in [6.07, 6.45) is 2.45. The molecule has 7 nitrogen and oxygen atoms in total. The maximum atomic E-state index is 11.8. The molecule has 2 aromatic carbocycles. The van der Waals surface area contributed by atoms with Crippen molar-refractivity contribution in [3.05, 3.63) is 58.5 Å². The van der Waals surface area contributed by atoms with Gasteiger partial charge in [-0.3, -0.25) is 9.59 Å². The molecule has 0 aromatic heterocycles. The Balaban J connectivity index is 1.44. The lowest BCUT2D eigenvalue weighted by molar-refractivity contribution is -0.131. The number of benzene rings is 2. The van der Waals surface area contributed by atoms with E-state index in [0.717, 1.165) is 11.1 Å². The number of thioether (sulfide) groups is 1. The molecule has 9 heteroatoms. The van der Waals surface area contributed by atoms with Gasteiger partial charge >= 0.3 is 0 Å². The summed E-state index contributed by atoms with van der Waals surface area (Å²) in [5, 5.41) is 5.52. The van der Waals surface area contributed by atoms with E-state index in [9.17, 15) is 9.59 Å². The Morgan fingerprint density at radius 1 is 1.19 bits per heavy atom. The molecule has 2 aromatic rings. The number of thiocarbonyl (C=S) groups is 1. The normalized spacial score (nSPS) is 19.8. The highest BCUT2D eigenvalue weighted by atomic mass is 32.2. The fraction of sp³-hybridized carbons (Fsp3) is 0.227. The molecule has 1 unspecified atom stereocenters. The lowest BCUT2D eigenvalue weighted by Gasteiger charge is -2.23. The van der Waals surface area contributed by atoms with Crippen molar-refractivity contribution in [2.24, 2.45) is 0 Å². The molecule has 0 bridgehead atoms. The molecule has 0 saturated carbocycles. The van der Waals surface area contributed by atoms with Crippen LogP contribution in [0.4, 0.5) is 0 Å². The van der Waals surface area contributed by atoms with Crippen LogP contribution >= 0.6 is 24.0 Å². The number of amides is 2. The summed E-state index contributed by atoms with van der Waals surface area (Å²) in [5.41, 5.74) is 1.88. The number of rotatable bonds is 6. The molecule has 4 rings (SSSR count). The first kappa shape index (κ1) is 21.4. The topological polar surface area (TPSA) is 85.9 Å². The minimum absolute atomic E-state index is 0.0238. The summed E-state index contributed by atoms with van der Waals surface area (Å²) < 4.78 is 17.2. The van der Waals surface area contributed by atoms with Crippen molar-refractivity contribution >= 4 is 46.2 Å². The number of hydrogen-bond donors (Lipinski definition) is 2. The van der Waals surface area contributed by atoms with Crippen LogP contribution in [0.15, 0.2) is 47.4 Å². The first-order valence-corrected chi connectivity index (χ1v) is 10.8. The molecule has 2 heterocycles. The number of morpholine rings is 1. The number of nitrogens with one attached hydrogen (secondary N) is 2. The minimum atomic E-state index is -0.200. The van der Waals surface area contributed by atoms with Crippen molar-refractivity contribution in [2.45, 2.75) is 12.5 Å². The van der Waals surface area contributed by atoms with Gasteiger partial charge in [0.15, 0.2) is 11.5 Å². The third kappa shape index (κ3) is 5.43. The predicted molar refractivity (Wildman–Crippen MR) is 122 cm³/mol. The maximum absolute atomic E-state index is 11.8. The van der Waals surface area contributed by atoms with E-state index in [2.05, 4.69) is 10.6 Å². The van der Waals surface area contributed by atoms with Gasteiger partial charge in [0.25, 0.3) is 5.91 Å². The zero-order chi connectivity index (χ0) is 21.8. The first-order chi connectivity index (χ1) is 15.0. The number of ether oxygens (including phenoxy) is 3. The predicted octanol–water partition coefficient (Wildman–Crippen LogP) is 3.03. The van der Waals surface area contributed by atoms with Gasteiger partial charge in [-0.1, -0.05) is 42.2 Å². The molecule has 160 valence electrons. The van der Waals surface area contributed by atoms with Crippen molar-refractivity contribution in [1.29, 1.82) is 0 Å². The zero-order valence-electron chi connectivity index (χ0n) is 16.7. The van der Waals surface area contributed by atoms with Gasteiger partial charge < -0.3 is 24.8 Å². The highest BCUT2D eigenvalue weighted by Crippen LogP contribution is 2.34. The number of hydrogen-bond acceptors (Lipinski definition) is 7. The molecule has 2 fully saturated rings. The van der Waals surface area contributed by atoms with E-state index in [-0.39, 0.29) is 24.5 Å². The zero-order valence-corrected chi connectivity index (χ0v) is 18.3. The second kappa shape index (κ2) is 9.51. The Labute approximate surface area is 189 Å².